The summed E-state index contributed by atoms with van der Waals surface area (Å²) in [6, 6.07) is 4.20. The second-order valence-electron chi connectivity index (χ2n) is 7.71. The molecule has 8 nitrogen and oxygen atoms in total. The second kappa shape index (κ2) is 9.58. The maximum Gasteiger partial charge on any atom is 0.267 e. The largest absolute Gasteiger partial charge is 0.360 e. The Hall–Kier alpha value is -2.13. The van der Waals surface area contributed by atoms with E-state index in [0.29, 0.717) is 18.8 Å². The molecule has 0 atom stereocenters. The van der Waals surface area contributed by atoms with Gasteiger partial charge in [-0.3, -0.25) is 4.79 Å². The van der Waals surface area contributed by atoms with Crippen LogP contribution in [-0.4, -0.2) is 49.0 Å². The van der Waals surface area contributed by atoms with Gasteiger partial charge in [0.25, 0.3) is 10.0 Å². The van der Waals surface area contributed by atoms with E-state index in [0.717, 1.165) is 10.5 Å². The molecule has 2 aromatic heterocycles. The van der Waals surface area contributed by atoms with E-state index in [4.69, 9.17) is 16.1 Å². The van der Waals surface area contributed by atoms with E-state index < -0.39 is 16.6 Å². The molecular formula is C19H27ClN4O4S. The number of carbonyl (C=O) groups excluding carboxylic acids is 1. The zero-order valence-electron chi connectivity index (χ0n) is 17.3. The monoisotopic (exact) mass is 442 g/mol. The van der Waals surface area contributed by atoms with E-state index in [1.165, 1.54) is 18.2 Å². The number of aryl methyl sites for hydroxylation is 1. The minimum absolute atomic E-state index is 0.0415. The highest BCUT2D eigenvalue weighted by Gasteiger charge is 2.31. The third-order valence-corrected chi connectivity index (χ3v) is 5.92. The molecular weight excluding hydrogens is 416 g/mol. The number of sulfonamides is 1. The normalized spacial score (nSPS) is 11.9. The van der Waals surface area contributed by atoms with E-state index in [9.17, 15) is 13.2 Å². The Bertz CT molecular complexity index is 916. The fourth-order valence-electron chi connectivity index (χ4n) is 2.78. The number of amides is 1. The molecule has 0 radical (unpaired) electrons. The van der Waals surface area contributed by atoms with Crippen LogP contribution in [-0.2, 0) is 14.8 Å². The molecule has 0 aliphatic carbocycles. The highest BCUT2D eigenvalue weighted by Crippen LogP contribution is 2.24. The van der Waals surface area contributed by atoms with Gasteiger partial charge in [0.2, 0.25) is 5.91 Å². The van der Waals surface area contributed by atoms with Gasteiger partial charge in [-0.15, -0.1) is 0 Å². The number of nitrogens with zero attached hydrogens (tertiary/aromatic N) is 4. The van der Waals surface area contributed by atoms with Crippen molar-refractivity contribution in [2.24, 2.45) is 11.8 Å². The van der Waals surface area contributed by atoms with Crippen LogP contribution in [0.1, 0.15) is 33.5 Å². The van der Waals surface area contributed by atoms with Crippen molar-refractivity contribution in [3.63, 3.8) is 0 Å². The Morgan fingerprint density at radius 2 is 1.79 bits per heavy atom. The molecule has 29 heavy (non-hydrogen) atoms. The summed E-state index contributed by atoms with van der Waals surface area (Å²) >= 11 is 5.78. The van der Waals surface area contributed by atoms with Crippen LogP contribution in [0.4, 0.5) is 5.82 Å². The number of hydrogen-bond acceptors (Lipinski definition) is 6. The van der Waals surface area contributed by atoms with Gasteiger partial charge in [-0.1, -0.05) is 44.5 Å². The van der Waals surface area contributed by atoms with Gasteiger partial charge >= 0.3 is 0 Å². The Morgan fingerprint density at radius 1 is 1.17 bits per heavy atom. The molecule has 2 rings (SSSR count). The summed E-state index contributed by atoms with van der Waals surface area (Å²) in [5.41, 5.74) is 0. The van der Waals surface area contributed by atoms with E-state index in [2.05, 4.69) is 10.1 Å². The summed E-state index contributed by atoms with van der Waals surface area (Å²) in [7, 11) is -4.10. The first-order valence-electron chi connectivity index (χ1n) is 9.36. The molecule has 0 bridgehead atoms. The predicted molar refractivity (Wildman–Crippen MR) is 111 cm³/mol. The molecule has 0 unspecified atom stereocenters. The van der Waals surface area contributed by atoms with Crippen LogP contribution in [0.2, 0.25) is 5.15 Å². The maximum absolute atomic E-state index is 13.2. The molecule has 0 aromatic carbocycles. The van der Waals surface area contributed by atoms with Crippen LogP contribution >= 0.6 is 11.6 Å². The topological polar surface area (TPSA) is 96.6 Å². The minimum Gasteiger partial charge on any atom is -0.360 e. The van der Waals surface area contributed by atoms with Crippen molar-refractivity contribution in [3.05, 3.63) is 35.3 Å². The Balaban J connectivity index is 2.40. The second-order valence-corrected chi connectivity index (χ2v) is 9.96. The molecule has 2 aromatic rings. The molecule has 160 valence electrons. The zero-order valence-corrected chi connectivity index (χ0v) is 18.9. The molecule has 1 amide bonds. The minimum atomic E-state index is -4.10. The van der Waals surface area contributed by atoms with Gasteiger partial charge < -0.3 is 9.42 Å². The average molecular weight is 443 g/mol. The Kier molecular flexibility index (Phi) is 7.65. The molecule has 0 saturated carbocycles. The molecule has 0 aliphatic rings. The van der Waals surface area contributed by atoms with Crippen LogP contribution in [0.25, 0.3) is 0 Å². The number of aromatic nitrogens is 2. The third-order valence-electron chi connectivity index (χ3n) is 3.96. The van der Waals surface area contributed by atoms with Gasteiger partial charge in [-0.25, -0.2) is 17.7 Å². The van der Waals surface area contributed by atoms with Crippen molar-refractivity contribution in [1.29, 1.82) is 0 Å². The summed E-state index contributed by atoms with van der Waals surface area (Å²) in [5.74, 6) is 0.663. The Labute approximate surface area is 176 Å². The van der Waals surface area contributed by atoms with E-state index in [1.54, 1.807) is 11.8 Å². The van der Waals surface area contributed by atoms with E-state index in [-0.39, 0.29) is 33.6 Å². The summed E-state index contributed by atoms with van der Waals surface area (Å²) in [5, 5.41) is 3.98. The number of carbonyl (C=O) groups is 1. The molecule has 0 saturated heterocycles. The number of anilines is 1. The van der Waals surface area contributed by atoms with Gasteiger partial charge in [0.1, 0.15) is 22.4 Å². The molecule has 10 heteroatoms. The van der Waals surface area contributed by atoms with Crippen molar-refractivity contribution in [2.75, 3.05) is 23.9 Å². The third kappa shape index (κ3) is 6.17. The zero-order chi connectivity index (χ0) is 21.8. The molecule has 0 spiro atoms. The van der Waals surface area contributed by atoms with E-state index in [1.807, 2.05) is 27.7 Å². The standard InChI is InChI=1S/C19H27ClN4O4S/c1-13(2)10-23(11-14(3)4)19(25)12-24(18-8-15(5)28-22-18)29(26,27)16-6-7-17(20)21-9-16/h6-9,13-14H,10-12H2,1-5H3. The summed E-state index contributed by atoms with van der Waals surface area (Å²) in [4.78, 5) is 18.5. The Morgan fingerprint density at radius 3 is 2.24 bits per heavy atom. The molecule has 2 heterocycles. The quantitative estimate of drug-likeness (QED) is 0.552. The van der Waals surface area contributed by atoms with Gasteiger partial charge in [0.15, 0.2) is 5.82 Å². The summed E-state index contributed by atoms with van der Waals surface area (Å²) < 4.78 is 32.5. The number of halogens is 1. The highest BCUT2D eigenvalue weighted by atomic mass is 35.5. The SMILES string of the molecule is Cc1cc(N(CC(=O)N(CC(C)C)CC(C)C)S(=O)(=O)c2ccc(Cl)nc2)no1. The van der Waals surface area contributed by atoms with E-state index >= 15 is 0 Å². The lowest BCUT2D eigenvalue weighted by Gasteiger charge is -2.29. The van der Waals surface area contributed by atoms with Crippen molar-refractivity contribution >= 4 is 33.3 Å². The lowest BCUT2D eigenvalue weighted by Crippen LogP contribution is -2.45. The number of hydrogen-bond donors (Lipinski definition) is 0. The van der Waals surface area contributed by atoms with Crippen LogP contribution in [0, 0.1) is 18.8 Å². The lowest BCUT2D eigenvalue weighted by atomic mass is 10.1. The van der Waals surface area contributed by atoms with Crippen LogP contribution in [0.15, 0.2) is 33.8 Å². The van der Waals surface area contributed by atoms with Gasteiger partial charge in [-0.05, 0) is 30.9 Å². The van der Waals surface area contributed by atoms with Crippen LogP contribution < -0.4 is 4.31 Å². The predicted octanol–water partition coefficient (Wildman–Crippen LogP) is 3.37. The highest BCUT2D eigenvalue weighted by molar-refractivity contribution is 7.92. The number of pyridine rings is 1. The fourth-order valence-corrected chi connectivity index (χ4v) is 4.19. The first-order chi connectivity index (χ1) is 13.5. The first-order valence-corrected chi connectivity index (χ1v) is 11.2. The van der Waals surface area contributed by atoms with Crippen molar-refractivity contribution in [1.82, 2.24) is 15.0 Å². The van der Waals surface area contributed by atoms with Gasteiger partial charge in [0, 0.05) is 25.4 Å². The number of rotatable bonds is 9. The first kappa shape index (κ1) is 23.2. The fraction of sp³-hybridized carbons (Fsp3) is 0.526. The molecule has 0 fully saturated rings. The van der Waals surface area contributed by atoms with Crippen molar-refractivity contribution in [3.8, 4) is 0 Å². The van der Waals surface area contributed by atoms with Gasteiger partial charge in [-0.2, -0.15) is 0 Å². The van der Waals surface area contributed by atoms with Gasteiger partial charge in [0.05, 0.1) is 0 Å². The van der Waals surface area contributed by atoms with Crippen molar-refractivity contribution in [2.45, 2.75) is 39.5 Å². The van der Waals surface area contributed by atoms with Crippen LogP contribution in [0.5, 0.6) is 0 Å². The lowest BCUT2D eigenvalue weighted by molar-refractivity contribution is -0.130. The van der Waals surface area contributed by atoms with Crippen LogP contribution in [0.3, 0.4) is 0 Å². The molecule has 0 N–H and O–H groups in total. The molecule has 0 aliphatic heterocycles. The average Bonchev–Trinajstić information content (AvgIpc) is 3.04. The van der Waals surface area contributed by atoms with Crippen molar-refractivity contribution < 1.29 is 17.7 Å². The maximum atomic E-state index is 13.2. The summed E-state index contributed by atoms with van der Waals surface area (Å²) in [6.45, 7) is 10.4. The summed E-state index contributed by atoms with van der Waals surface area (Å²) in [6.07, 6.45) is 1.15. The smallest absolute Gasteiger partial charge is 0.267 e.